The molecule has 0 saturated carbocycles. The fourth-order valence-electron chi connectivity index (χ4n) is 3.60. The molecule has 1 aromatic heterocycles. The molecule has 7 heteroatoms. The number of hydrogen-bond donors (Lipinski definition) is 0. The lowest BCUT2D eigenvalue weighted by Crippen LogP contribution is -2.39. The van der Waals surface area contributed by atoms with Crippen LogP contribution in [0.5, 0.6) is 0 Å². The van der Waals surface area contributed by atoms with Gasteiger partial charge in [0, 0.05) is 26.7 Å². The third-order valence-electron chi connectivity index (χ3n) is 5.21. The average Bonchev–Trinajstić information content (AvgIpc) is 3.10. The number of imidazole rings is 1. The highest BCUT2D eigenvalue weighted by Gasteiger charge is 2.24. The maximum atomic E-state index is 12.5. The monoisotopic (exact) mass is 391 g/mol. The predicted octanol–water partition coefficient (Wildman–Crippen LogP) is 2.53. The molecule has 0 N–H and O–H groups in total. The van der Waals surface area contributed by atoms with E-state index >= 15 is 0 Å². The lowest BCUT2D eigenvalue weighted by Gasteiger charge is -2.32. The minimum atomic E-state index is -3.36. The minimum Gasteiger partial charge on any atom is -0.380 e. The highest BCUT2D eigenvalue weighted by molar-refractivity contribution is 7.91. The molecule has 1 aromatic carbocycles. The van der Waals surface area contributed by atoms with Crippen molar-refractivity contribution < 1.29 is 13.2 Å². The van der Waals surface area contributed by atoms with Gasteiger partial charge in [0.1, 0.15) is 0 Å². The van der Waals surface area contributed by atoms with E-state index < -0.39 is 9.84 Å². The number of aromatic nitrogens is 2. The van der Waals surface area contributed by atoms with Crippen LogP contribution in [0.3, 0.4) is 0 Å². The maximum absolute atomic E-state index is 12.5. The van der Waals surface area contributed by atoms with Crippen LogP contribution in [0.4, 0.5) is 0 Å². The smallest absolute Gasteiger partial charge is 0.227 e. The molecule has 1 atom stereocenters. The van der Waals surface area contributed by atoms with Crippen LogP contribution in [0, 0.1) is 0 Å². The molecule has 0 radical (unpaired) electrons. The number of rotatable bonds is 8. The Morgan fingerprint density at radius 1 is 1.26 bits per heavy atom. The number of aryl methyl sites for hydroxylation is 1. The molecule has 2 aromatic rings. The molecule has 0 unspecified atom stereocenters. The Bertz CT molecular complexity index is 833. The van der Waals surface area contributed by atoms with Gasteiger partial charge in [-0.15, -0.1) is 0 Å². The van der Waals surface area contributed by atoms with Crippen LogP contribution in [0.2, 0.25) is 0 Å². The molecule has 1 saturated heterocycles. The molecule has 1 aliphatic rings. The van der Waals surface area contributed by atoms with E-state index in [0.29, 0.717) is 13.1 Å². The summed E-state index contributed by atoms with van der Waals surface area (Å²) in [7, 11) is -1.61. The fourth-order valence-corrected chi connectivity index (χ4v) is 4.61. The van der Waals surface area contributed by atoms with Gasteiger partial charge in [0.2, 0.25) is 15.0 Å². The van der Waals surface area contributed by atoms with Crippen molar-refractivity contribution in [1.29, 1.82) is 0 Å². The summed E-state index contributed by atoms with van der Waals surface area (Å²) >= 11 is 0. The number of ether oxygens (including phenoxy) is 1. The van der Waals surface area contributed by atoms with Crippen molar-refractivity contribution in [3.63, 3.8) is 0 Å². The van der Waals surface area contributed by atoms with Crippen LogP contribution in [-0.4, -0.2) is 54.9 Å². The van der Waals surface area contributed by atoms with Gasteiger partial charge < -0.3 is 9.30 Å². The van der Waals surface area contributed by atoms with E-state index in [2.05, 4.69) is 22.0 Å². The van der Waals surface area contributed by atoms with Crippen molar-refractivity contribution in [2.75, 3.05) is 26.0 Å². The van der Waals surface area contributed by atoms with Crippen molar-refractivity contribution in [3.05, 3.63) is 47.8 Å². The van der Waals surface area contributed by atoms with Crippen LogP contribution in [-0.2, 0) is 34.1 Å². The van der Waals surface area contributed by atoms with E-state index in [1.54, 1.807) is 20.2 Å². The molecule has 148 valence electrons. The zero-order chi connectivity index (χ0) is 19.3. The number of likely N-dealkylation sites (tertiary alicyclic amines) is 1. The summed E-state index contributed by atoms with van der Waals surface area (Å²) in [5, 5.41) is 0.191. The first-order chi connectivity index (χ1) is 13.0. The van der Waals surface area contributed by atoms with Crippen molar-refractivity contribution >= 4 is 9.84 Å². The van der Waals surface area contributed by atoms with Gasteiger partial charge in [-0.1, -0.05) is 37.3 Å². The van der Waals surface area contributed by atoms with Gasteiger partial charge in [0.25, 0.3) is 0 Å². The number of benzene rings is 1. The first kappa shape index (κ1) is 20.0. The summed E-state index contributed by atoms with van der Waals surface area (Å²) < 4.78 is 32.4. The summed E-state index contributed by atoms with van der Waals surface area (Å²) in [5.74, 6) is 0.0598. The van der Waals surface area contributed by atoms with Gasteiger partial charge in [-0.25, -0.2) is 13.4 Å². The second kappa shape index (κ2) is 8.99. The van der Waals surface area contributed by atoms with Gasteiger partial charge in [0.15, 0.2) is 0 Å². The van der Waals surface area contributed by atoms with Crippen molar-refractivity contribution in [2.24, 2.45) is 0 Å². The second-order valence-corrected chi connectivity index (χ2v) is 9.23. The highest BCUT2D eigenvalue weighted by atomic mass is 32.2. The number of hydrogen-bond acceptors (Lipinski definition) is 5. The quantitative estimate of drug-likeness (QED) is 0.692. The first-order valence-electron chi connectivity index (χ1n) is 9.59. The molecule has 1 fully saturated rings. The van der Waals surface area contributed by atoms with Crippen LogP contribution in [0.25, 0.3) is 0 Å². The van der Waals surface area contributed by atoms with E-state index in [1.807, 2.05) is 22.8 Å². The Labute approximate surface area is 162 Å². The van der Waals surface area contributed by atoms with Gasteiger partial charge in [-0.05, 0) is 31.4 Å². The zero-order valence-electron chi connectivity index (χ0n) is 16.2. The molecule has 0 amide bonds. The van der Waals surface area contributed by atoms with Gasteiger partial charge >= 0.3 is 0 Å². The topological polar surface area (TPSA) is 64.4 Å². The molecule has 0 aliphatic carbocycles. The van der Waals surface area contributed by atoms with Gasteiger partial charge in [-0.2, -0.15) is 0 Å². The molecule has 2 heterocycles. The summed E-state index contributed by atoms with van der Waals surface area (Å²) in [6.45, 7) is 4.84. The van der Waals surface area contributed by atoms with Crippen LogP contribution in [0.15, 0.2) is 41.7 Å². The number of methoxy groups -OCH3 is 1. The van der Waals surface area contributed by atoms with Crippen molar-refractivity contribution in [2.45, 2.75) is 50.5 Å². The molecule has 3 rings (SSSR count). The lowest BCUT2D eigenvalue weighted by atomic mass is 10.1. The maximum Gasteiger partial charge on any atom is 0.227 e. The predicted molar refractivity (Wildman–Crippen MR) is 105 cm³/mol. The molecule has 1 aliphatic heterocycles. The van der Waals surface area contributed by atoms with E-state index in [9.17, 15) is 8.42 Å². The summed E-state index contributed by atoms with van der Waals surface area (Å²) in [5.41, 5.74) is 2.14. The number of sulfone groups is 1. The number of nitrogens with zero attached hydrogens (tertiary/aromatic N) is 3. The first-order valence-corrected chi connectivity index (χ1v) is 11.2. The van der Waals surface area contributed by atoms with Crippen molar-refractivity contribution in [3.8, 4) is 0 Å². The molecular formula is C20H29N3O3S. The summed E-state index contributed by atoms with van der Waals surface area (Å²) in [6, 6.07) is 10.1. The molecule has 6 nitrogen and oxygen atoms in total. The third kappa shape index (κ3) is 4.97. The Kier molecular flexibility index (Phi) is 6.68. The highest BCUT2D eigenvalue weighted by Crippen LogP contribution is 2.19. The van der Waals surface area contributed by atoms with E-state index in [1.165, 1.54) is 5.56 Å². The Morgan fingerprint density at radius 2 is 2.04 bits per heavy atom. The summed E-state index contributed by atoms with van der Waals surface area (Å²) in [4.78, 5) is 6.62. The SMILES string of the molecule is CCS(=O)(=O)c1ncc(CN2CCC[C@@H](OC)C2)n1CCc1ccccc1. The number of piperidine rings is 1. The standard InChI is InChI=1S/C20H29N3O3S/c1-3-27(24,25)20-21-14-18(15-22-12-7-10-19(16-22)26-2)23(20)13-11-17-8-5-4-6-9-17/h4-6,8-9,14,19H,3,7,10-13,15-16H2,1-2H3/t19-/m1/s1. The van der Waals surface area contributed by atoms with Gasteiger partial charge in [0.05, 0.1) is 23.7 Å². The third-order valence-corrected chi connectivity index (χ3v) is 6.85. The van der Waals surface area contributed by atoms with Crippen LogP contribution < -0.4 is 0 Å². The van der Waals surface area contributed by atoms with Crippen molar-refractivity contribution in [1.82, 2.24) is 14.5 Å². The summed E-state index contributed by atoms with van der Waals surface area (Å²) in [6.07, 6.45) is 4.92. The molecule has 0 bridgehead atoms. The Balaban J connectivity index is 1.82. The Morgan fingerprint density at radius 3 is 2.74 bits per heavy atom. The van der Waals surface area contributed by atoms with E-state index in [-0.39, 0.29) is 17.0 Å². The zero-order valence-corrected chi connectivity index (χ0v) is 17.0. The van der Waals surface area contributed by atoms with Gasteiger partial charge in [-0.3, -0.25) is 4.90 Å². The van der Waals surface area contributed by atoms with Crippen LogP contribution >= 0.6 is 0 Å². The lowest BCUT2D eigenvalue weighted by molar-refractivity contribution is 0.0277. The van der Waals surface area contributed by atoms with Crippen LogP contribution in [0.1, 0.15) is 31.0 Å². The minimum absolute atomic E-state index is 0.0598. The normalized spacial score (nSPS) is 18.7. The molecule has 27 heavy (non-hydrogen) atoms. The second-order valence-electron chi connectivity index (χ2n) is 7.06. The Hall–Kier alpha value is -1.70. The average molecular weight is 392 g/mol. The van der Waals surface area contributed by atoms with E-state index in [0.717, 1.165) is 38.0 Å². The fraction of sp³-hybridized carbons (Fsp3) is 0.550. The molecule has 0 spiro atoms. The largest absolute Gasteiger partial charge is 0.380 e. The molecular weight excluding hydrogens is 362 g/mol. The van der Waals surface area contributed by atoms with E-state index in [4.69, 9.17) is 4.74 Å².